The number of nitrogens with one attached hydrogen (secondary N) is 1. The Morgan fingerprint density at radius 3 is 3.04 bits per heavy atom. The van der Waals surface area contributed by atoms with Gasteiger partial charge in [-0.1, -0.05) is 19.0 Å². The standard InChI is InChI=1S/C16H25N3O4/c1-11(2)6-13-8-14(23-18-13)16(21)17-9-12-7-15(20)19(10-12)4-5-22-3/h8,11-12H,4-7,9-10H2,1-3H3,(H,17,21)/t12-/m0/s1. The number of hydrogen-bond acceptors (Lipinski definition) is 5. The molecule has 0 bridgehead atoms. The van der Waals surface area contributed by atoms with Crippen LogP contribution in [0.25, 0.3) is 0 Å². The highest BCUT2D eigenvalue weighted by Crippen LogP contribution is 2.17. The first-order valence-electron chi connectivity index (χ1n) is 8.00. The molecule has 1 aliphatic rings. The Kier molecular flexibility index (Phi) is 6.15. The molecule has 2 amide bonds. The molecule has 23 heavy (non-hydrogen) atoms. The number of ether oxygens (including phenoxy) is 1. The summed E-state index contributed by atoms with van der Waals surface area (Å²) in [6.45, 7) is 6.40. The van der Waals surface area contributed by atoms with Crippen LogP contribution in [0.15, 0.2) is 10.6 Å². The van der Waals surface area contributed by atoms with E-state index in [9.17, 15) is 9.59 Å². The molecule has 0 spiro atoms. The predicted molar refractivity (Wildman–Crippen MR) is 83.9 cm³/mol. The normalized spacial score (nSPS) is 18.0. The molecule has 0 radical (unpaired) electrons. The van der Waals surface area contributed by atoms with Crippen LogP contribution in [-0.2, 0) is 16.0 Å². The molecule has 1 fully saturated rings. The Morgan fingerprint density at radius 2 is 2.35 bits per heavy atom. The second kappa shape index (κ2) is 8.10. The molecule has 0 aliphatic carbocycles. The summed E-state index contributed by atoms with van der Waals surface area (Å²) in [4.78, 5) is 25.7. The van der Waals surface area contributed by atoms with Crippen molar-refractivity contribution in [1.82, 2.24) is 15.4 Å². The van der Waals surface area contributed by atoms with E-state index in [1.54, 1.807) is 18.1 Å². The summed E-state index contributed by atoms with van der Waals surface area (Å²) in [7, 11) is 1.61. The van der Waals surface area contributed by atoms with Gasteiger partial charge in [-0.25, -0.2) is 0 Å². The third-order valence-electron chi connectivity index (χ3n) is 3.81. The van der Waals surface area contributed by atoms with Gasteiger partial charge in [0.2, 0.25) is 11.7 Å². The molecule has 2 heterocycles. The SMILES string of the molecule is COCCN1C[C@H](CNC(=O)c2cc(CC(C)C)no2)CC1=O. The Balaban J connectivity index is 1.78. The molecule has 128 valence electrons. The summed E-state index contributed by atoms with van der Waals surface area (Å²) >= 11 is 0. The molecule has 1 N–H and O–H groups in total. The van der Waals surface area contributed by atoms with Gasteiger partial charge in [0.1, 0.15) is 0 Å². The number of likely N-dealkylation sites (tertiary alicyclic amines) is 1. The minimum atomic E-state index is -0.282. The third-order valence-corrected chi connectivity index (χ3v) is 3.81. The molecule has 0 saturated carbocycles. The number of aromatic nitrogens is 1. The molecule has 1 aliphatic heterocycles. The van der Waals surface area contributed by atoms with E-state index in [1.165, 1.54) is 0 Å². The fourth-order valence-corrected chi connectivity index (χ4v) is 2.67. The topological polar surface area (TPSA) is 84.7 Å². The van der Waals surface area contributed by atoms with Gasteiger partial charge in [0.15, 0.2) is 0 Å². The molecule has 1 atom stereocenters. The Labute approximate surface area is 136 Å². The van der Waals surface area contributed by atoms with E-state index >= 15 is 0 Å². The van der Waals surface area contributed by atoms with E-state index < -0.39 is 0 Å². The van der Waals surface area contributed by atoms with Crippen molar-refractivity contribution in [3.8, 4) is 0 Å². The number of methoxy groups -OCH3 is 1. The van der Waals surface area contributed by atoms with Crippen molar-refractivity contribution in [3.63, 3.8) is 0 Å². The summed E-state index contributed by atoms with van der Waals surface area (Å²) in [6, 6.07) is 1.68. The van der Waals surface area contributed by atoms with Gasteiger partial charge >= 0.3 is 0 Å². The zero-order chi connectivity index (χ0) is 16.8. The van der Waals surface area contributed by atoms with E-state index in [1.807, 2.05) is 0 Å². The Morgan fingerprint density at radius 1 is 1.57 bits per heavy atom. The zero-order valence-corrected chi connectivity index (χ0v) is 14.0. The fraction of sp³-hybridized carbons (Fsp3) is 0.688. The van der Waals surface area contributed by atoms with Crippen LogP contribution in [0.2, 0.25) is 0 Å². The maximum Gasteiger partial charge on any atom is 0.289 e. The highest BCUT2D eigenvalue weighted by atomic mass is 16.5. The van der Waals surface area contributed by atoms with E-state index in [0.29, 0.717) is 38.6 Å². The van der Waals surface area contributed by atoms with Crippen molar-refractivity contribution in [2.24, 2.45) is 11.8 Å². The zero-order valence-electron chi connectivity index (χ0n) is 14.0. The van der Waals surface area contributed by atoms with E-state index in [2.05, 4.69) is 24.3 Å². The van der Waals surface area contributed by atoms with Crippen LogP contribution in [0.4, 0.5) is 0 Å². The first-order valence-corrected chi connectivity index (χ1v) is 8.00. The lowest BCUT2D eigenvalue weighted by Crippen LogP contribution is -2.32. The molecular weight excluding hydrogens is 298 g/mol. The monoisotopic (exact) mass is 323 g/mol. The van der Waals surface area contributed by atoms with E-state index in [4.69, 9.17) is 9.26 Å². The molecule has 1 saturated heterocycles. The highest BCUT2D eigenvalue weighted by molar-refractivity contribution is 5.91. The molecule has 1 aromatic heterocycles. The minimum Gasteiger partial charge on any atom is -0.383 e. The number of amides is 2. The van der Waals surface area contributed by atoms with Crippen LogP contribution in [0.5, 0.6) is 0 Å². The van der Waals surface area contributed by atoms with Gasteiger partial charge in [0, 0.05) is 45.1 Å². The van der Waals surface area contributed by atoms with Crippen LogP contribution in [-0.4, -0.2) is 55.2 Å². The number of carbonyl (C=O) groups excluding carboxylic acids is 2. The van der Waals surface area contributed by atoms with Crippen LogP contribution >= 0.6 is 0 Å². The Bertz CT molecular complexity index is 541. The number of carbonyl (C=O) groups is 2. The van der Waals surface area contributed by atoms with Crippen molar-refractivity contribution >= 4 is 11.8 Å². The Hall–Kier alpha value is -1.89. The summed E-state index contributed by atoms with van der Waals surface area (Å²) < 4.78 is 10.1. The van der Waals surface area contributed by atoms with Crippen LogP contribution in [0.1, 0.15) is 36.5 Å². The lowest BCUT2D eigenvalue weighted by atomic mass is 10.1. The smallest absolute Gasteiger partial charge is 0.289 e. The molecule has 7 heteroatoms. The number of hydrogen-bond donors (Lipinski definition) is 1. The molecule has 0 aromatic carbocycles. The van der Waals surface area contributed by atoms with E-state index in [0.717, 1.165) is 12.1 Å². The quantitative estimate of drug-likeness (QED) is 0.774. The third kappa shape index (κ3) is 5.06. The van der Waals surface area contributed by atoms with Crippen molar-refractivity contribution in [3.05, 3.63) is 17.5 Å². The maximum absolute atomic E-state index is 12.1. The second-order valence-corrected chi connectivity index (χ2v) is 6.39. The van der Waals surface area contributed by atoms with Crippen molar-refractivity contribution in [1.29, 1.82) is 0 Å². The van der Waals surface area contributed by atoms with Crippen molar-refractivity contribution in [2.75, 3.05) is 33.4 Å². The van der Waals surface area contributed by atoms with Gasteiger partial charge < -0.3 is 19.5 Å². The second-order valence-electron chi connectivity index (χ2n) is 6.39. The van der Waals surface area contributed by atoms with Gasteiger partial charge in [-0.15, -0.1) is 0 Å². The van der Waals surface area contributed by atoms with Crippen LogP contribution in [0.3, 0.4) is 0 Å². The van der Waals surface area contributed by atoms with Gasteiger partial charge in [0.25, 0.3) is 5.91 Å². The number of rotatable bonds is 8. The minimum absolute atomic E-state index is 0.111. The van der Waals surface area contributed by atoms with Gasteiger partial charge in [-0.05, 0) is 12.3 Å². The summed E-state index contributed by atoms with van der Waals surface area (Å²) in [5.74, 6) is 0.636. The lowest BCUT2D eigenvalue weighted by molar-refractivity contribution is -0.128. The number of nitrogens with zero attached hydrogens (tertiary/aromatic N) is 2. The fourth-order valence-electron chi connectivity index (χ4n) is 2.67. The molecule has 0 unspecified atom stereocenters. The van der Waals surface area contributed by atoms with Crippen LogP contribution < -0.4 is 5.32 Å². The molecular formula is C16H25N3O4. The lowest BCUT2D eigenvalue weighted by Gasteiger charge is -2.15. The van der Waals surface area contributed by atoms with Gasteiger partial charge in [-0.3, -0.25) is 9.59 Å². The van der Waals surface area contributed by atoms with Crippen molar-refractivity contribution in [2.45, 2.75) is 26.7 Å². The first-order chi connectivity index (χ1) is 11.0. The van der Waals surface area contributed by atoms with Gasteiger partial charge in [-0.2, -0.15) is 0 Å². The largest absolute Gasteiger partial charge is 0.383 e. The highest BCUT2D eigenvalue weighted by Gasteiger charge is 2.29. The average molecular weight is 323 g/mol. The summed E-state index contributed by atoms with van der Waals surface area (Å²) in [6.07, 6.45) is 1.24. The molecule has 2 rings (SSSR count). The van der Waals surface area contributed by atoms with E-state index in [-0.39, 0.29) is 23.5 Å². The van der Waals surface area contributed by atoms with Gasteiger partial charge in [0.05, 0.1) is 12.3 Å². The van der Waals surface area contributed by atoms with Crippen LogP contribution in [0, 0.1) is 11.8 Å². The van der Waals surface area contributed by atoms with Crippen molar-refractivity contribution < 1.29 is 18.8 Å². The maximum atomic E-state index is 12.1. The summed E-state index contributed by atoms with van der Waals surface area (Å²) in [5, 5.41) is 6.72. The average Bonchev–Trinajstić information content (AvgIpc) is 3.09. The predicted octanol–water partition coefficient (Wildman–Crippen LogP) is 1.10. The first kappa shape index (κ1) is 17.5. The molecule has 1 aromatic rings. The molecule has 7 nitrogen and oxygen atoms in total. The summed E-state index contributed by atoms with van der Waals surface area (Å²) in [5.41, 5.74) is 0.784.